The Bertz CT molecular complexity index is 788. The van der Waals surface area contributed by atoms with Crippen LogP contribution in [0.25, 0.3) is 11.0 Å². The van der Waals surface area contributed by atoms with E-state index in [-0.39, 0.29) is 0 Å². The maximum Gasteiger partial charge on any atom is 0.111 e. The lowest BCUT2D eigenvalue weighted by atomic mass is 10.2. The number of halogens is 2. The van der Waals surface area contributed by atoms with Gasteiger partial charge in [0, 0.05) is 35.6 Å². The first-order valence-corrected chi connectivity index (χ1v) is 7.69. The third kappa shape index (κ3) is 2.65. The average molecular weight is 323 g/mol. The third-order valence-electron chi connectivity index (χ3n) is 3.77. The second-order valence-corrected chi connectivity index (χ2v) is 5.88. The quantitative estimate of drug-likeness (QED) is 0.688. The van der Waals surface area contributed by atoms with Gasteiger partial charge in [-0.2, -0.15) is 5.10 Å². The second kappa shape index (κ2) is 5.70. The van der Waals surface area contributed by atoms with Crippen molar-refractivity contribution < 1.29 is 0 Å². The highest BCUT2D eigenvalue weighted by Gasteiger charge is 2.13. The largest absolute Gasteiger partial charge is 0.323 e. The molecule has 3 rings (SSSR count). The number of hydrogen-bond donors (Lipinski definition) is 0. The maximum atomic E-state index is 6.13. The highest BCUT2D eigenvalue weighted by Crippen LogP contribution is 2.23. The van der Waals surface area contributed by atoms with E-state index in [1.165, 1.54) is 5.56 Å². The number of hydrogen-bond acceptors (Lipinski definition) is 2. The Morgan fingerprint density at radius 1 is 1.29 bits per heavy atom. The molecule has 0 aliphatic heterocycles. The van der Waals surface area contributed by atoms with Crippen LogP contribution in [0.15, 0.2) is 24.4 Å². The van der Waals surface area contributed by atoms with Crippen LogP contribution in [0.3, 0.4) is 0 Å². The number of fused-ring (bicyclic) bond motifs is 1. The fourth-order valence-electron chi connectivity index (χ4n) is 2.47. The van der Waals surface area contributed by atoms with Gasteiger partial charge in [0.2, 0.25) is 0 Å². The maximum absolute atomic E-state index is 6.13. The van der Waals surface area contributed by atoms with Gasteiger partial charge in [-0.3, -0.25) is 4.68 Å². The van der Waals surface area contributed by atoms with Crippen LogP contribution in [0.4, 0.5) is 0 Å². The number of alkyl halides is 1. The van der Waals surface area contributed by atoms with Gasteiger partial charge in [0.05, 0.1) is 23.8 Å². The van der Waals surface area contributed by atoms with Gasteiger partial charge >= 0.3 is 0 Å². The van der Waals surface area contributed by atoms with Crippen molar-refractivity contribution in [2.75, 3.05) is 5.88 Å². The summed E-state index contributed by atoms with van der Waals surface area (Å²) in [5, 5.41) is 5.01. The lowest BCUT2D eigenvalue weighted by Gasteiger charge is -2.08. The molecule has 0 bridgehead atoms. The zero-order chi connectivity index (χ0) is 15.0. The van der Waals surface area contributed by atoms with E-state index in [4.69, 9.17) is 23.2 Å². The highest BCUT2D eigenvalue weighted by atomic mass is 35.5. The molecule has 1 aromatic carbocycles. The number of nitrogens with zero attached hydrogens (tertiary/aromatic N) is 4. The standard InChI is InChI=1S/C15H16Cl2N4/c1-10-11(8-18-20(10)2)9-21-14-7-12(17)3-4-13(14)19-15(21)5-6-16/h3-4,7-8H,5-6,9H2,1-2H3. The fourth-order valence-corrected chi connectivity index (χ4v) is 2.80. The summed E-state index contributed by atoms with van der Waals surface area (Å²) < 4.78 is 4.05. The third-order valence-corrected chi connectivity index (χ3v) is 4.20. The number of benzene rings is 1. The minimum Gasteiger partial charge on any atom is -0.323 e. The van der Waals surface area contributed by atoms with Crippen molar-refractivity contribution in [3.8, 4) is 0 Å². The van der Waals surface area contributed by atoms with E-state index in [2.05, 4.69) is 21.6 Å². The van der Waals surface area contributed by atoms with Crippen LogP contribution in [-0.2, 0) is 20.0 Å². The Hall–Kier alpha value is -1.52. The Labute approximate surface area is 133 Å². The zero-order valence-corrected chi connectivity index (χ0v) is 13.5. The molecule has 0 saturated carbocycles. The van der Waals surface area contributed by atoms with Gasteiger partial charge in [0.15, 0.2) is 0 Å². The summed E-state index contributed by atoms with van der Waals surface area (Å²) in [6.45, 7) is 2.79. The van der Waals surface area contributed by atoms with Crippen LogP contribution in [0.5, 0.6) is 0 Å². The first-order chi connectivity index (χ1) is 10.1. The minimum absolute atomic E-state index is 0.545. The van der Waals surface area contributed by atoms with Crippen LogP contribution in [0.2, 0.25) is 5.02 Å². The fraction of sp³-hybridized carbons (Fsp3) is 0.333. The molecule has 6 heteroatoms. The zero-order valence-electron chi connectivity index (χ0n) is 12.0. The van der Waals surface area contributed by atoms with Crippen molar-refractivity contribution in [3.63, 3.8) is 0 Å². The van der Waals surface area contributed by atoms with E-state index in [0.29, 0.717) is 10.9 Å². The summed E-state index contributed by atoms with van der Waals surface area (Å²) in [5.74, 6) is 1.52. The molecule has 110 valence electrons. The number of aryl methyl sites for hydroxylation is 2. The molecule has 0 amide bonds. The Balaban J connectivity index is 2.12. The van der Waals surface area contributed by atoms with E-state index in [9.17, 15) is 0 Å². The number of aromatic nitrogens is 4. The van der Waals surface area contributed by atoms with Crippen LogP contribution in [0.1, 0.15) is 17.1 Å². The molecule has 0 saturated heterocycles. The van der Waals surface area contributed by atoms with Gasteiger partial charge in [0.1, 0.15) is 5.82 Å². The molecule has 2 aromatic heterocycles. The van der Waals surface area contributed by atoms with Crippen molar-refractivity contribution in [3.05, 3.63) is 46.5 Å². The second-order valence-electron chi connectivity index (χ2n) is 5.07. The van der Waals surface area contributed by atoms with Crippen molar-refractivity contribution >= 4 is 34.2 Å². The first kappa shape index (κ1) is 14.4. The molecule has 21 heavy (non-hydrogen) atoms. The summed E-state index contributed by atoms with van der Waals surface area (Å²) in [6.07, 6.45) is 2.63. The van der Waals surface area contributed by atoms with Gasteiger partial charge in [-0.15, -0.1) is 11.6 Å². The summed E-state index contributed by atoms with van der Waals surface area (Å²) in [6, 6.07) is 5.76. The van der Waals surface area contributed by atoms with Gasteiger partial charge in [0.25, 0.3) is 0 Å². The van der Waals surface area contributed by atoms with Crippen LogP contribution >= 0.6 is 23.2 Å². The Morgan fingerprint density at radius 3 is 2.76 bits per heavy atom. The molecular weight excluding hydrogens is 307 g/mol. The normalized spacial score (nSPS) is 11.4. The van der Waals surface area contributed by atoms with Crippen molar-refractivity contribution in [2.45, 2.75) is 19.9 Å². The van der Waals surface area contributed by atoms with E-state index in [1.807, 2.05) is 36.1 Å². The van der Waals surface area contributed by atoms with Crippen molar-refractivity contribution in [1.82, 2.24) is 19.3 Å². The molecule has 0 atom stereocenters. The van der Waals surface area contributed by atoms with Gasteiger partial charge in [-0.05, 0) is 25.1 Å². The molecular formula is C15H16Cl2N4. The van der Waals surface area contributed by atoms with E-state index in [0.717, 1.165) is 35.5 Å². The number of imidazole rings is 1. The highest BCUT2D eigenvalue weighted by molar-refractivity contribution is 6.31. The van der Waals surface area contributed by atoms with Crippen molar-refractivity contribution in [1.29, 1.82) is 0 Å². The Kier molecular flexibility index (Phi) is 3.91. The summed E-state index contributed by atoms with van der Waals surface area (Å²) in [7, 11) is 1.95. The van der Waals surface area contributed by atoms with Crippen LogP contribution in [0, 0.1) is 6.92 Å². The van der Waals surface area contributed by atoms with Gasteiger partial charge < -0.3 is 4.57 Å². The van der Waals surface area contributed by atoms with E-state index >= 15 is 0 Å². The molecule has 0 radical (unpaired) electrons. The molecule has 2 heterocycles. The minimum atomic E-state index is 0.545. The van der Waals surface area contributed by atoms with Crippen LogP contribution in [-0.4, -0.2) is 25.2 Å². The van der Waals surface area contributed by atoms with Crippen LogP contribution < -0.4 is 0 Å². The van der Waals surface area contributed by atoms with E-state index < -0.39 is 0 Å². The van der Waals surface area contributed by atoms with Crippen molar-refractivity contribution in [2.24, 2.45) is 7.05 Å². The predicted octanol–water partition coefficient (Wildman–Crippen LogP) is 3.56. The topological polar surface area (TPSA) is 35.6 Å². The monoisotopic (exact) mass is 322 g/mol. The molecule has 0 aliphatic carbocycles. The smallest absolute Gasteiger partial charge is 0.111 e. The summed E-state index contributed by atoms with van der Waals surface area (Å²) >= 11 is 12.0. The molecule has 0 N–H and O–H groups in total. The molecule has 0 fully saturated rings. The molecule has 0 aliphatic rings. The molecule has 0 spiro atoms. The molecule has 4 nitrogen and oxygen atoms in total. The van der Waals surface area contributed by atoms with E-state index in [1.54, 1.807) is 0 Å². The SMILES string of the molecule is Cc1c(Cn2c(CCCl)nc3ccc(Cl)cc32)cnn1C. The average Bonchev–Trinajstić information content (AvgIpc) is 2.95. The molecule has 0 unspecified atom stereocenters. The first-order valence-electron chi connectivity index (χ1n) is 6.78. The lowest BCUT2D eigenvalue weighted by Crippen LogP contribution is -2.07. The lowest BCUT2D eigenvalue weighted by molar-refractivity contribution is 0.724. The Morgan fingerprint density at radius 2 is 2.10 bits per heavy atom. The predicted molar refractivity (Wildman–Crippen MR) is 86.2 cm³/mol. The summed E-state index contributed by atoms with van der Waals surface area (Å²) in [4.78, 5) is 4.67. The summed E-state index contributed by atoms with van der Waals surface area (Å²) in [5.41, 5.74) is 4.30. The molecule has 3 aromatic rings. The van der Waals surface area contributed by atoms with Gasteiger partial charge in [-0.1, -0.05) is 11.6 Å². The number of rotatable bonds is 4. The van der Waals surface area contributed by atoms with Gasteiger partial charge in [-0.25, -0.2) is 4.98 Å².